The lowest BCUT2D eigenvalue weighted by Crippen LogP contribution is -2.42. The Labute approximate surface area is 174 Å². The lowest BCUT2D eigenvalue weighted by molar-refractivity contribution is -0.126. The van der Waals surface area contributed by atoms with E-state index in [1.165, 1.54) is 0 Å². The van der Waals surface area contributed by atoms with E-state index in [0.29, 0.717) is 5.56 Å². The van der Waals surface area contributed by atoms with Gasteiger partial charge in [-0.25, -0.2) is 4.98 Å². The van der Waals surface area contributed by atoms with Crippen molar-refractivity contribution >= 4 is 23.1 Å². The van der Waals surface area contributed by atoms with Crippen LogP contribution in [0.4, 0.5) is 5.82 Å². The maximum Gasteiger partial charge on any atom is 0.224 e. The summed E-state index contributed by atoms with van der Waals surface area (Å²) in [6, 6.07) is 19.8. The fourth-order valence-corrected chi connectivity index (χ4v) is 4.49. The molecule has 1 saturated heterocycles. The molecule has 1 unspecified atom stereocenters. The molecule has 1 N–H and O–H groups in total. The Morgan fingerprint density at radius 1 is 1.14 bits per heavy atom. The van der Waals surface area contributed by atoms with Gasteiger partial charge in [0.2, 0.25) is 5.91 Å². The highest BCUT2D eigenvalue weighted by atomic mass is 32.1. The number of thiophene rings is 1. The molecule has 1 atom stereocenters. The molecule has 5 nitrogen and oxygen atoms in total. The number of rotatable bonds is 5. The van der Waals surface area contributed by atoms with Crippen LogP contribution in [-0.4, -0.2) is 24.0 Å². The molecule has 1 aliphatic heterocycles. The van der Waals surface area contributed by atoms with Crippen molar-refractivity contribution in [3.8, 4) is 6.07 Å². The fraction of sp³-hybridized carbons (Fsp3) is 0.261. The number of amides is 1. The summed E-state index contributed by atoms with van der Waals surface area (Å²) >= 11 is 1.66. The molecule has 3 aromatic rings. The summed E-state index contributed by atoms with van der Waals surface area (Å²) < 4.78 is 0. The summed E-state index contributed by atoms with van der Waals surface area (Å²) in [5.41, 5.74) is 1.66. The zero-order valence-corrected chi connectivity index (χ0v) is 16.8. The van der Waals surface area contributed by atoms with E-state index in [2.05, 4.69) is 39.5 Å². The quantitative estimate of drug-likeness (QED) is 0.696. The molecule has 1 amide bonds. The first-order chi connectivity index (χ1) is 14.2. The second kappa shape index (κ2) is 8.89. The van der Waals surface area contributed by atoms with Crippen molar-refractivity contribution in [3.05, 3.63) is 82.2 Å². The highest BCUT2D eigenvalue weighted by molar-refractivity contribution is 7.10. The molecule has 146 valence electrons. The SMILES string of the molecule is N#Cc1ccc(N2CCC(C(=O)NC(c3ccccc3)c3cccs3)CC2)nc1. The summed E-state index contributed by atoms with van der Waals surface area (Å²) in [7, 11) is 0. The Morgan fingerprint density at radius 3 is 2.55 bits per heavy atom. The van der Waals surface area contributed by atoms with Gasteiger partial charge < -0.3 is 10.2 Å². The predicted molar refractivity (Wildman–Crippen MR) is 115 cm³/mol. The number of hydrogen-bond acceptors (Lipinski definition) is 5. The molecule has 6 heteroatoms. The van der Waals surface area contributed by atoms with Gasteiger partial charge in [0.25, 0.3) is 0 Å². The zero-order valence-electron chi connectivity index (χ0n) is 16.0. The van der Waals surface area contributed by atoms with Crippen molar-refractivity contribution in [2.75, 3.05) is 18.0 Å². The van der Waals surface area contributed by atoms with Crippen molar-refractivity contribution in [3.63, 3.8) is 0 Å². The summed E-state index contributed by atoms with van der Waals surface area (Å²) in [5.74, 6) is 0.971. The third-order valence-electron chi connectivity index (χ3n) is 5.31. The maximum atomic E-state index is 13.0. The van der Waals surface area contributed by atoms with E-state index in [1.807, 2.05) is 35.7 Å². The van der Waals surface area contributed by atoms with Gasteiger partial charge in [0.05, 0.1) is 11.6 Å². The third kappa shape index (κ3) is 4.47. The number of hydrogen-bond donors (Lipinski definition) is 1. The van der Waals surface area contributed by atoms with E-state index in [1.54, 1.807) is 23.6 Å². The first-order valence-corrected chi connectivity index (χ1v) is 10.6. The highest BCUT2D eigenvalue weighted by Crippen LogP contribution is 2.28. The molecule has 29 heavy (non-hydrogen) atoms. The molecule has 4 rings (SSSR count). The summed E-state index contributed by atoms with van der Waals surface area (Å²) in [4.78, 5) is 20.7. The average Bonchev–Trinajstić information content (AvgIpc) is 3.33. The van der Waals surface area contributed by atoms with Gasteiger partial charge in [-0.3, -0.25) is 4.79 Å². The van der Waals surface area contributed by atoms with Crippen LogP contribution in [0.25, 0.3) is 0 Å². The number of aromatic nitrogens is 1. The molecule has 1 aliphatic rings. The summed E-state index contributed by atoms with van der Waals surface area (Å²) in [6.07, 6.45) is 3.18. The molecule has 1 aromatic carbocycles. The van der Waals surface area contributed by atoms with E-state index in [-0.39, 0.29) is 17.9 Å². The van der Waals surface area contributed by atoms with Crippen LogP contribution in [0.1, 0.15) is 34.9 Å². The number of benzene rings is 1. The van der Waals surface area contributed by atoms with Gasteiger partial charge in [0.1, 0.15) is 11.9 Å². The number of anilines is 1. The molecule has 0 saturated carbocycles. The van der Waals surface area contributed by atoms with E-state index in [4.69, 9.17) is 5.26 Å². The summed E-state index contributed by atoms with van der Waals surface area (Å²) in [6.45, 7) is 1.57. The predicted octanol–water partition coefficient (Wildman–Crippen LogP) is 4.14. The first kappa shape index (κ1) is 19.2. The zero-order chi connectivity index (χ0) is 20.1. The lowest BCUT2D eigenvalue weighted by Gasteiger charge is -2.33. The number of nitrogens with zero attached hydrogens (tertiary/aromatic N) is 3. The number of carbonyl (C=O) groups is 1. The van der Waals surface area contributed by atoms with Gasteiger partial charge in [-0.05, 0) is 42.0 Å². The van der Waals surface area contributed by atoms with Crippen LogP contribution >= 0.6 is 11.3 Å². The Morgan fingerprint density at radius 2 is 1.93 bits per heavy atom. The van der Waals surface area contributed by atoms with Crippen LogP contribution in [0.5, 0.6) is 0 Å². The van der Waals surface area contributed by atoms with Crippen LogP contribution in [0.2, 0.25) is 0 Å². The minimum absolute atomic E-state index is 0.00388. The lowest BCUT2D eigenvalue weighted by atomic mass is 9.94. The minimum Gasteiger partial charge on any atom is -0.357 e. The second-order valence-corrected chi connectivity index (χ2v) is 8.13. The smallest absolute Gasteiger partial charge is 0.224 e. The molecule has 1 fully saturated rings. The van der Waals surface area contributed by atoms with Gasteiger partial charge >= 0.3 is 0 Å². The standard InChI is InChI=1S/C23H22N4OS/c24-15-17-8-9-21(25-16-17)27-12-10-19(11-13-27)23(28)26-22(20-7-4-14-29-20)18-5-2-1-3-6-18/h1-9,14,16,19,22H,10-13H2,(H,26,28). The van der Waals surface area contributed by atoms with Crippen molar-refractivity contribution in [1.29, 1.82) is 5.26 Å². The van der Waals surface area contributed by atoms with E-state index in [0.717, 1.165) is 42.2 Å². The van der Waals surface area contributed by atoms with Gasteiger partial charge in [0, 0.05) is 30.1 Å². The van der Waals surface area contributed by atoms with Crippen LogP contribution in [-0.2, 0) is 4.79 Å². The molecule has 2 aromatic heterocycles. The fourth-order valence-electron chi connectivity index (χ4n) is 3.69. The van der Waals surface area contributed by atoms with Crippen LogP contribution < -0.4 is 10.2 Å². The Bertz CT molecular complexity index is 972. The maximum absolute atomic E-state index is 13.0. The number of carbonyl (C=O) groups excluding carboxylic acids is 1. The Kier molecular flexibility index (Phi) is 5.87. The molecule has 0 radical (unpaired) electrons. The van der Waals surface area contributed by atoms with E-state index < -0.39 is 0 Å². The number of piperidine rings is 1. The van der Waals surface area contributed by atoms with Gasteiger partial charge in [-0.1, -0.05) is 36.4 Å². The molecule has 0 bridgehead atoms. The highest BCUT2D eigenvalue weighted by Gasteiger charge is 2.28. The monoisotopic (exact) mass is 402 g/mol. The van der Waals surface area contributed by atoms with Gasteiger partial charge in [0.15, 0.2) is 0 Å². The molecule has 0 aliphatic carbocycles. The number of nitriles is 1. The second-order valence-electron chi connectivity index (χ2n) is 7.15. The van der Waals surface area contributed by atoms with Crippen LogP contribution in [0.3, 0.4) is 0 Å². The molecular weight excluding hydrogens is 380 g/mol. The van der Waals surface area contributed by atoms with Crippen LogP contribution in [0, 0.1) is 17.2 Å². The number of pyridine rings is 1. The topological polar surface area (TPSA) is 69.0 Å². The van der Waals surface area contributed by atoms with Crippen molar-refractivity contribution in [2.45, 2.75) is 18.9 Å². The van der Waals surface area contributed by atoms with Crippen molar-refractivity contribution in [1.82, 2.24) is 10.3 Å². The first-order valence-electron chi connectivity index (χ1n) is 9.74. The molecule has 3 heterocycles. The Hall–Kier alpha value is -3.17. The normalized spacial score (nSPS) is 15.5. The van der Waals surface area contributed by atoms with E-state index >= 15 is 0 Å². The molecular formula is C23H22N4OS. The number of nitrogens with one attached hydrogen (secondary N) is 1. The van der Waals surface area contributed by atoms with E-state index in [9.17, 15) is 4.79 Å². The Balaban J connectivity index is 1.40. The summed E-state index contributed by atoms with van der Waals surface area (Å²) in [5, 5.41) is 14.2. The van der Waals surface area contributed by atoms with Gasteiger partial charge in [-0.15, -0.1) is 11.3 Å². The molecule has 0 spiro atoms. The minimum atomic E-state index is -0.109. The van der Waals surface area contributed by atoms with Crippen molar-refractivity contribution < 1.29 is 4.79 Å². The van der Waals surface area contributed by atoms with Crippen LogP contribution in [0.15, 0.2) is 66.2 Å². The van der Waals surface area contributed by atoms with Crippen molar-refractivity contribution in [2.24, 2.45) is 5.92 Å². The average molecular weight is 403 g/mol. The van der Waals surface area contributed by atoms with Gasteiger partial charge in [-0.2, -0.15) is 5.26 Å². The largest absolute Gasteiger partial charge is 0.357 e. The third-order valence-corrected chi connectivity index (χ3v) is 6.25.